The molecule has 158 valence electrons. The van der Waals surface area contributed by atoms with Gasteiger partial charge in [-0.1, -0.05) is 23.3 Å². The number of ether oxygens (including phenoxy) is 1. The second kappa shape index (κ2) is 10.7. The van der Waals surface area contributed by atoms with Crippen LogP contribution >= 0.6 is 11.6 Å². The predicted molar refractivity (Wildman–Crippen MR) is 116 cm³/mol. The van der Waals surface area contributed by atoms with Crippen LogP contribution in [0.3, 0.4) is 0 Å². The molecule has 3 rings (SSSR count). The van der Waals surface area contributed by atoms with E-state index in [9.17, 15) is 9.59 Å². The van der Waals surface area contributed by atoms with Crippen LogP contribution in [0.2, 0.25) is 5.02 Å². The molecule has 29 heavy (non-hydrogen) atoms. The van der Waals surface area contributed by atoms with Crippen molar-refractivity contribution in [3.8, 4) is 5.75 Å². The smallest absolute Gasteiger partial charge is 0.226 e. The SMILES string of the molecule is COc1ccc(NC(=O)CC[C@H]2CCCN(C(=O)CC3=CCCCC3)C2)cc1Cl. The Bertz CT molecular complexity index is 762. The summed E-state index contributed by atoms with van der Waals surface area (Å²) in [5.41, 5.74) is 1.97. The molecule has 1 fully saturated rings. The quantitative estimate of drug-likeness (QED) is 0.619. The number of allylic oxidation sites excluding steroid dienone is 1. The van der Waals surface area contributed by atoms with E-state index < -0.39 is 0 Å². The standard InChI is InChI=1S/C23H31ClN2O3/c1-29-21-11-10-19(15-20(21)24)25-22(27)12-9-18-8-5-13-26(16-18)23(28)14-17-6-3-2-4-7-17/h6,10-11,15,18H,2-5,7-9,12-14,16H2,1H3,(H,25,27)/t18-/m1/s1. The van der Waals surface area contributed by atoms with Gasteiger partial charge in [-0.15, -0.1) is 0 Å². The summed E-state index contributed by atoms with van der Waals surface area (Å²) in [6.07, 6.45) is 10.8. The van der Waals surface area contributed by atoms with Crippen LogP contribution in [-0.2, 0) is 9.59 Å². The number of amides is 2. The third-order valence-corrected chi connectivity index (χ3v) is 6.15. The molecule has 1 aliphatic carbocycles. The Morgan fingerprint density at radius 2 is 2.14 bits per heavy atom. The van der Waals surface area contributed by atoms with Gasteiger partial charge in [0.15, 0.2) is 0 Å². The Labute approximate surface area is 178 Å². The highest BCUT2D eigenvalue weighted by Crippen LogP contribution is 2.28. The van der Waals surface area contributed by atoms with Crippen LogP contribution in [0.5, 0.6) is 5.75 Å². The number of rotatable bonds is 7. The van der Waals surface area contributed by atoms with E-state index in [0.29, 0.717) is 35.2 Å². The maximum atomic E-state index is 12.7. The number of likely N-dealkylation sites (tertiary alicyclic amines) is 1. The molecule has 0 bridgehead atoms. The Morgan fingerprint density at radius 1 is 1.28 bits per heavy atom. The minimum absolute atomic E-state index is 0.0259. The zero-order valence-corrected chi connectivity index (χ0v) is 18.0. The summed E-state index contributed by atoms with van der Waals surface area (Å²) in [5, 5.41) is 3.37. The molecule has 1 aromatic rings. The lowest BCUT2D eigenvalue weighted by molar-refractivity contribution is -0.132. The zero-order chi connectivity index (χ0) is 20.6. The summed E-state index contributed by atoms with van der Waals surface area (Å²) < 4.78 is 5.13. The van der Waals surface area contributed by atoms with Crippen molar-refractivity contribution >= 4 is 29.1 Å². The van der Waals surface area contributed by atoms with Crippen molar-refractivity contribution in [1.29, 1.82) is 0 Å². The van der Waals surface area contributed by atoms with Gasteiger partial charge in [0, 0.05) is 31.6 Å². The van der Waals surface area contributed by atoms with E-state index in [1.165, 1.54) is 18.4 Å². The van der Waals surface area contributed by atoms with Crippen molar-refractivity contribution in [3.63, 3.8) is 0 Å². The van der Waals surface area contributed by atoms with Crippen molar-refractivity contribution < 1.29 is 14.3 Å². The van der Waals surface area contributed by atoms with Gasteiger partial charge < -0.3 is 15.0 Å². The van der Waals surface area contributed by atoms with E-state index in [0.717, 1.165) is 45.2 Å². The molecule has 0 radical (unpaired) electrons. The molecule has 2 aliphatic rings. The van der Waals surface area contributed by atoms with Crippen LogP contribution in [0.15, 0.2) is 29.8 Å². The third-order valence-electron chi connectivity index (χ3n) is 5.85. The number of nitrogens with zero attached hydrogens (tertiary/aromatic N) is 1. The second-order valence-electron chi connectivity index (χ2n) is 8.07. The molecule has 1 aromatic carbocycles. The van der Waals surface area contributed by atoms with E-state index in [-0.39, 0.29) is 11.8 Å². The first-order valence-electron chi connectivity index (χ1n) is 10.6. The van der Waals surface area contributed by atoms with Crippen molar-refractivity contribution in [2.24, 2.45) is 5.92 Å². The predicted octanol–water partition coefficient (Wildman–Crippen LogP) is 5.20. The fourth-order valence-corrected chi connectivity index (χ4v) is 4.46. The lowest BCUT2D eigenvalue weighted by Crippen LogP contribution is -2.40. The number of carbonyl (C=O) groups is 2. The summed E-state index contributed by atoms with van der Waals surface area (Å²) in [6, 6.07) is 5.22. The summed E-state index contributed by atoms with van der Waals surface area (Å²) in [4.78, 5) is 27.0. The second-order valence-corrected chi connectivity index (χ2v) is 8.48. The molecule has 1 atom stereocenters. The maximum Gasteiger partial charge on any atom is 0.226 e. The number of nitrogens with one attached hydrogen (secondary N) is 1. The van der Waals surface area contributed by atoms with E-state index in [4.69, 9.17) is 16.3 Å². The lowest BCUT2D eigenvalue weighted by atomic mass is 9.92. The van der Waals surface area contributed by atoms with Crippen molar-refractivity contribution in [3.05, 3.63) is 34.9 Å². The molecule has 1 aliphatic heterocycles. The number of carbonyl (C=O) groups excluding carboxylic acids is 2. The van der Waals surface area contributed by atoms with Crippen LogP contribution in [0.4, 0.5) is 5.69 Å². The van der Waals surface area contributed by atoms with Crippen molar-refractivity contribution in [2.45, 2.75) is 57.8 Å². The van der Waals surface area contributed by atoms with Gasteiger partial charge in [-0.05, 0) is 69.1 Å². The molecule has 0 spiro atoms. The molecule has 0 aromatic heterocycles. The number of benzene rings is 1. The first kappa shape index (κ1) is 21.7. The summed E-state index contributed by atoms with van der Waals surface area (Å²) in [6.45, 7) is 1.62. The fourth-order valence-electron chi connectivity index (χ4n) is 4.20. The molecule has 0 unspecified atom stereocenters. The molecular weight excluding hydrogens is 388 g/mol. The van der Waals surface area contributed by atoms with Crippen LogP contribution in [-0.4, -0.2) is 36.9 Å². The normalized spacial score (nSPS) is 19.4. The molecule has 5 nitrogen and oxygen atoms in total. The Morgan fingerprint density at radius 3 is 2.86 bits per heavy atom. The molecular formula is C23H31ClN2O3. The van der Waals surface area contributed by atoms with Gasteiger partial charge in [-0.25, -0.2) is 0 Å². The summed E-state index contributed by atoms with van der Waals surface area (Å²) in [7, 11) is 1.56. The topological polar surface area (TPSA) is 58.6 Å². The summed E-state index contributed by atoms with van der Waals surface area (Å²) in [5.74, 6) is 1.20. The van der Waals surface area contributed by atoms with E-state index >= 15 is 0 Å². The van der Waals surface area contributed by atoms with Gasteiger partial charge in [-0.3, -0.25) is 9.59 Å². The van der Waals surface area contributed by atoms with E-state index in [2.05, 4.69) is 11.4 Å². The monoisotopic (exact) mass is 418 g/mol. The Balaban J connectivity index is 1.44. The third kappa shape index (κ3) is 6.49. The van der Waals surface area contributed by atoms with Gasteiger partial charge in [0.1, 0.15) is 5.75 Å². The molecule has 1 N–H and O–H groups in total. The number of piperidine rings is 1. The van der Waals surface area contributed by atoms with Crippen LogP contribution in [0.1, 0.15) is 57.8 Å². The van der Waals surface area contributed by atoms with Crippen LogP contribution in [0.25, 0.3) is 0 Å². The van der Waals surface area contributed by atoms with Crippen LogP contribution in [0, 0.1) is 5.92 Å². The molecule has 0 saturated carbocycles. The van der Waals surface area contributed by atoms with E-state index in [1.807, 2.05) is 4.90 Å². The van der Waals surface area contributed by atoms with E-state index in [1.54, 1.807) is 25.3 Å². The Hall–Kier alpha value is -2.01. The van der Waals surface area contributed by atoms with Gasteiger partial charge in [0.25, 0.3) is 0 Å². The molecule has 2 amide bonds. The van der Waals surface area contributed by atoms with Gasteiger partial charge >= 0.3 is 0 Å². The minimum Gasteiger partial charge on any atom is -0.495 e. The lowest BCUT2D eigenvalue weighted by Gasteiger charge is -2.33. The number of hydrogen-bond acceptors (Lipinski definition) is 3. The minimum atomic E-state index is -0.0259. The average molecular weight is 419 g/mol. The van der Waals surface area contributed by atoms with Crippen molar-refractivity contribution in [2.75, 3.05) is 25.5 Å². The first-order valence-corrected chi connectivity index (χ1v) is 11.0. The number of methoxy groups -OCH3 is 1. The van der Waals surface area contributed by atoms with Gasteiger partial charge in [-0.2, -0.15) is 0 Å². The Kier molecular flexibility index (Phi) is 7.99. The van der Waals surface area contributed by atoms with Gasteiger partial charge in [0.05, 0.1) is 12.1 Å². The van der Waals surface area contributed by atoms with Crippen molar-refractivity contribution in [1.82, 2.24) is 4.90 Å². The van der Waals surface area contributed by atoms with Gasteiger partial charge in [0.2, 0.25) is 11.8 Å². The number of halogens is 1. The fraction of sp³-hybridized carbons (Fsp3) is 0.565. The maximum absolute atomic E-state index is 12.7. The number of anilines is 1. The molecule has 6 heteroatoms. The van der Waals surface area contributed by atoms with Crippen LogP contribution < -0.4 is 10.1 Å². The number of hydrogen-bond donors (Lipinski definition) is 1. The average Bonchev–Trinajstić information content (AvgIpc) is 2.73. The molecule has 1 heterocycles. The zero-order valence-electron chi connectivity index (χ0n) is 17.2. The summed E-state index contributed by atoms with van der Waals surface area (Å²) >= 11 is 6.11. The first-order chi connectivity index (χ1) is 14.0. The highest BCUT2D eigenvalue weighted by molar-refractivity contribution is 6.32. The highest BCUT2D eigenvalue weighted by atomic mass is 35.5. The highest BCUT2D eigenvalue weighted by Gasteiger charge is 2.24. The largest absolute Gasteiger partial charge is 0.495 e. The molecule has 1 saturated heterocycles.